The molecule has 0 radical (unpaired) electrons. The van der Waals surface area contributed by atoms with Crippen LogP contribution in [-0.4, -0.2) is 87.8 Å². The van der Waals surface area contributed by atoms with E-state index < -0.39 is 78.5 Å². The number of rotatable bonds is 16. The molecular formula is C34H42Cl2N4O9. The Morgan fingerprint density at radius 2 is 1.59 bits per heavy atom. The summed E-state index contributed by atoms with van der Waals surface area (Å²) in [5.41, 5.74) is 1.11. The average Bonchev–Trinajstić information content (AvgIpc) is 3.04. The van der Waals surface area contributed by atoms with Crippen LogP contribution in [0.4, 0.5) is 0 Å². The highest BCUT2D eigenvalue weighted by Crippen LogP contribution is 2.25. The monoisotopic (exact) mass is 720 g/mol. The SMILES string of the molecule is CC(=O)NC(Cc1ccc(O)cc1)C(=O)NC(C(=O)N1CCCCC1C(=O)NC(CC(=O)O)C(=O)COCc1c(Cl)cccc1Cl)C(C)C. The van der Waals surface area contributed by atoms with Crippen LogP contribution in [0.3, 0.4) is 0 Å². The smallest absolute Gasteiger partial charge is 0.305 e. The molecule has 13 nitrogen and oxygen atoms in total. The lowest BCUT2D eigenvalue weighted by atomic mass is 9.95. The number of ketones is 1. The largest absolute Gasteiger partial charge is 0.508 e. The van der Waals surface area contributed by atoms with Crippen LogP contribution in [0.25, 0.3) is 0 Å². The molecule has 15 heteroatoms. The predicted octanol–water partition coefficient (Wildman–Crippen LogP) is 3.01. The number of aromatic hydroxyl groups is 1. The molecule has 4 unspecified atom stereocenters. The number of phenols is 1. The first-order valence-electron chi connectivity index (χ1n) is 15.9. The summed E-state index contributed by atoms with van der Waals surface area (Å²) in [6.45, 7) is 4.26. The van der Waals surface area contributed by atoms with Gasteiger partial charge in [0.05, 0.1) is 13.0 Å². The first-order chi connectivity index (χ1) is 23.2. The van der Waals surface area contributed by atoms with Gasteiger partial charge in [-0.05, 0) is 55.0 Å². The van der Waals surface area contributed by atoms with Gasteiger partial charge in [-0.3, -0.25) is 28.8 Å². The van der Waals surface area contributed by atoms with Crippen LogP contribution < -0.4 is 16.0 Å². The Kier molecular flexibility index (Phi) is 14.8. The van der Waals surface area contributed by atoms with Crippen molar-refractivity contribution >= 4 is 58.6 Å². The van der Waals surface area contributed by atoms with Crippen molar-refractivity contribution < 1.29 is 43.7 Å². The topological polar surface area (TPSA) is 191 Å². The van der Waals surface area contributed by atoms with Gasteiger partial charge in [0, 0.05) is 35.5 Å². The summed E-state index contributed by atoms with van der Waals surface area (Å²) < 4.78 is 5.47. The summed E-state index contributed by atoms with van der Waals surface area (Å²) in [5.74, 6) is -4.71. The van der Waals surface area contributed by atoms with E-state index in [0.717, 1.165) is 0 Å². The van der Waals surface area contributed by atoms with Crippen molar-refractivity contribution in [3.8, 4) is 5.75 Å². The molecule has 2 aromatic rings. The number of aliphatic carboxylic acids is 1. The van der Waals surface area contributed by atoms with Gasteiger partial charge in [-0.1, -0.05) is 55.2 Å². The number of carboxylic acids is 1. The van der Waals surface area contributed by atoms with Crippen LogP contribution in [0, 0.1) is 5.92 Å². The molecule has 0 saturated carbocycles. The lowest BCUT2D eigenvalue weighted by Gasteiger charge is -2.38. The number of piperidine rings is 1. The van der Waals surface area contributed by atoms with E-state index in [2.05, 4.69) is 16.0 Å². The Morgan fingerprint density at radius 1 is 0.939 bits per heavy atom. The summed E-state index contributed by atoms with van der Waals surface area (Å²) in [7, 11) is 0. The molecule has 1 saturated heterocycles. The number of nitrogens with zero attached hydrogens (tertiary/aromatic N) is 1. The molecule has 1 aliphatic rings. The van der Waals surface area contributed by atoms with E-state index in [1.807, 2.05) is 0 Å². The highest BCUT2D eigenvalue weighted by Gasteiger charge is 2.39. The van der Waals surface area contributed by atoms with Crippen molar-refractivity contribution in [1.29, 1.82) is 0 Å². The number of benzene rings is 2. The van der Waals surface area contributed by atoms with Gasteiger partial charge in [0.25, 0.3) is 0 Å². The van der Waals surface area contributed by atoms with Crippen LogP contribution in [-0.2, 0) is 46.5 Å². The average molecular weight is 722 g/mol. The third-order valence-corrected chi connectivity index (χ3v) is 8.73. The molecule has 2 aromatic carbocycles. The first-order valence-corrected chi connectivity index (χ1v) is 16.6. The number of amides is 4. The lowest BCUT2D eigenvalue weighted by molar-refractivity contribution is -0.147. The lowest BCUT2D eigenvalue weighted by Crippen LogP contribution is -2.61. The van der Waals surface area contributed by atoms with E-state index in [9.17, 15) is 39.0 Å². The van der Waals surface area contributed by atoms with E-state index in [-0.39, 0.29) is 31.7 Å². The zero-order valence-corrected chi connectivity index (χ0v) is 29.1. The quantitative estimate of drug-likeness (QED) is 0.173. The normalized spacial score (nSPS) is 16.3. The van der Waals surface area contributed by atoms with Crippen LogP contribution in [0.15, 0.2) is 42.5 Å². The number of Topliss-reactive ketones (excluding diaryl/α,β-unsaturated/α-hetero) is 1. The number of ether oxygens (including phenoxy) is 1. The van der Waals surface area contributed by atoms with Crippen molar-refractivity contribution in [1.82, 2.24) is 20.9 Å². The molecule has 0 bridgehead atoms. The molecular weight excluding hydrogens is 679 g/mol. The minimum Gasteiger partial charge on any atom is -0.508 e. The minimum absolute atomic E-state index is 0.0423. The van der Waals surface area contributed by atoms with Crippen molar-refractivity contribution in [2.45, 2.75) is 83.6 Å². The van der Waals surface area contributed by atoms with Crippen molar-refractivity contribution in [2.75, 3.05) is 13.2 Å². The Balaban J connectivity index is 1.72. The third-order valence-electron chi connectivity index (χ3n) is 8.03. The number of hydrogen-bond donors (Lipinski definition) is 5. The maximum Gasteiger partial charge on any atom is 0.305 e. The number of hydrogen-bond acceptors (Lipinski definition) is 8. The number of halogens is 2. The number of likely N-dealkylation sites (tertiary alicyclic amines) is 1. The Bertz CT molecular complexity index is 1500. The van der Waals surface area contributed by atoms with E-state index >= 15 is 0 Å². The van der Waals surface area contributed by atoms with Gasteiger partial charge in [0.1, 0.15) is 36.5 Å². The Morgan fingerprint density at radius 3 is 2.18 bits per heavy atom. The fourth-order valence-electron chi connectivity index (χ4n) is 5.45. The van der Waals surface area contributed by atoms with Crippen LogP contribution >= 0.6 is 23.2 Å². The van der Waals surface area contributed by atoms with Gasteiger partial charge >= 0.3 is 5.97 Å². The summed E-state index contributed by atoms with van der Waals surface area (Å²) in [4.78, 5) is 79.0. The number of phenolic OH excluding ortho intramolecular Hbond substituents is 1. The maximum absolute atomic E-state index is 14.0. The molecule has 0 spiro atoms. The fraction of sp³-hybridized carbons (Fsp3) is 0.471. The number of carbonyl (C=O) groups is 6. The van der Waals surface area contributed by atoms with Gasteiger partial charge in [-0.2, -0.15) is 0 Å². The zero-order chi connectivity index (χ0) is 36.2. The molecule has 266 valence electrons. The summed E-state index contributed by atoms with van der Waals surface area (Å²) >= 11 is 12.3. The second-order valence-corrected chi connectivity index (χ2v) is 13.0. The van der Waals surface area contributed by atoms with Crippen molar-refractivity contribution in [2.24, 2.45) is 5.92 Å². The van der Waals surface area contributed by atoms with E-state index in [0.29, 0.717) is 34.0 Å². The van der Waals surface area contributed by atoms with Gasteiger partial charge < -0.3 is 35.8 Å². The molecule has 4 atom stereocenters. The fourth-order valence-corrected chi connectivity index (χ4v) is 5.96. The summed E-state index contributed by atoms with van der Waals surface area (Å²) in [6.07, 6.45) is 0.809. The summed E-state index contributed by atoms with van der Waals surface area (Å²) in [6, 6.07) is 6.42. The zero-order valence-electron chi connectivity index (χ0n) is 27.5. The van der Waals surface area contributed by atoms with E-state index in [4.69, 9.17) is 27.9 Å². The molecule has 49 heavy (non-hydrogen) atoms. The number of nitrogens with one attached hydrogen (secondary N) is 3. The van der Waals surface area contributed by atoms with Crippen molar-refractivity contribution in [3.05, 3.63) is 63.6 Å². The van der Waals surface area contributed by atoms with Gasteiger partial charge in [-0.15, -0.1) is 0 Å². The molecule has 0 aliphatic carbocycles. The van der Waals surface area contributed by atoms with Crippen LogP contribution in [0.5, 0.6) is 5.75 Å². The van der Waals surface area contributed by atoms with Crippen LogP contribution in [0.2, 0.25) is 10.0 Å². The highest BCUT2D eigenvalue weighted by atomic mass is 35.5. The molecule has 1 aliphatic heterocycles. The third kappa shape index (κ3) is 11.7. The van der Waals surface area contributed by atoms with Crippen LogP contribution in [0.1, 0.15) is 57.6 Å². The summed E-state index contributed by atoms with van der Waals surface area (Å²) in [5, 5.41) is 27.6. The molecule has 5 N–H and O–H groups in total. The minimum atomic E-state index is -1.44. The second kappa shape index (κ2) is 18.5. The highest BCUT2D eigenvalue weighted by molar-refractivity contribution is 6.35. The van der Waals surface area contributed by atoms with Gasteiger partial charge in [0.2, 0.25) is 23.6 Å². The molecule has 4 amide bonds. The van der Waals surface area contributed by atoms with E-state index in [1.165, 1.54) is 24.0 Å². The Hall–Kier alpha value is -4.20. The van der Waals surface area contributed by atoms with Gasteiger partial charge in [-0.25, -0.2) is 0 Å². The maximum atomic E-state index is 14.0. The molecule has 1 heterocycles. The Labute approximate surface area is 294 Å². The van der Waals surface area contributed by atoms with E-state index in [1.54, 1.807) is 44.2 Å². The standard InChI is InChI=1S/C34H42Cl2N4O9/c1-19(2)31(39-32(46)27(37-20(3)41)15-21-10-12-22(42)13-11-21)34(48)40-14-5-4-9-28(40)33(47)38-26(16-30(44)45)29(43)18-49-17-23-24(35)7-6-8-25(23)36/h6-8,10-13,19,26-28,31,42H,4-5,9,14-18H2,1-3H3,(H,37,41)(H,38,47)(H,39,46)(H,44,45). The first kappa shape index (κ1) is 39.2. The second-order valence-electron chi connectivity index (χ2n) is 12.2. The van der Waals surface area contributed by atoms with Gasteiger partial charge in [0.15, 0.2) is 5.78 Å². The number of carbonyl (C=O) groups excluding carboxylic acids is 5. The molecule has 3 rings (SSSR count). The molecule has 0 aromatic heterocycles. The molecule has 1 fully saturated rings. The number of carboxylic acid groups (broad SMARTS) is 1. The van der Waals surface area contributed by atoms with Crippen molar-refractivity contribution in [3.63, 3.8) is 0 Å². The predicted molar refractivity (Wildman–Crippen MR) is 181 cm³/mol.